The molecule has 0 saturated carbocycles. The van der Waals surface area contributed by atoms with Gasteiger partial charge < -0.3 is 9.73 Å². The lowest BCUT2D eigenvalue weighted by molar-refractivity contribution is -0.121. The predicted octanol–water partition coefficient (Wildman–Crippen LogP) is 4.51. The summed E-state index contributed by atoms with van der Waals surface area (Å²) in [6.07, 6.45) is 0.321. The summed E-state index contributed by atoms with van der Waals surface area (Å²) in [6.45, 7) is 1.91. The van der Waals surface area contributed by atoms with Gasteiger partial charge in [0.1, 0.15) is 11.3 Å². The van der Waals surface area contributed by atoms with Crippen LogP contribution in [-0.2, 0) is 11.2 Å². The van der Waals surface area contributed by atoms with E-state index in [2.05, 4.69) is 5.32 Å². The highest BCUT2D eigenvalue weighted by atomic mass is 35.5. The van der Waals surface area contributed by atoms with Crippen molar-refractivity contribution in [3.63, 3.8) is 0 Å². The minimum atomic E-state index is -0.174. The Morgan fingerprint density at radius 3 is 2.64 bits per heavy atom. The summed E-state index contributed by atoms with van der Waals surface area (Å²) >= 11 is 5.84. The number of carbonyl (C=O) groups is 1. The van der Waals surface area contributed by atoms with Crippen LogP contribution < -0.4 is 5.32 Å². The number of rotatable bonds is 4. The second-order valence-electron chi connectivity index (χ2n) is 5.28. The monoisotopic (exact) mass is 313 g/mol. The number of carbonyl (C=O) groups excluding carboxylic acids is 1. The van der Waals surface area contributed by atoms with E-state index >= 15 is 0 Å². The van der Waals surface area contributed by atoms with E-state index in [0.29, 0.717) is 11.4 Å². The van der Waals surface area contributed by atoms with Crippen molar-refractivity contribution in [3.05, 3.63) is 70.9 Å². The summed E-state index contributed by atoms with van der Waals surface area (Å²) in [4.78, 5) is 12.1. The quantitative estimate of drug-likeness (QED) is 0.770. The molecule has 1 atom stereocenters. The zero-order valence-corrected chi connectivity index (χ0v) is 12.9. The first-order chi connectivity index (χ1) is 10.6. The molecule has 0 bridgehead atoms. The summed E-state index contributed by atoms with van der Waals surface area (Å²) in [5, 5.41) is 4.66. The maximum atomic E-state index is 12.1. The molecule has 0 spiro atoms. The van der Waals surface area contributed by atoms with E-state index in [1.54, 1.807) is 12.1 Å². The second kappa shape index (κ2) is 6.24. The van der Waals surface area contributed by atoms with E-state index in [1.807, 2.05) is 49.4 Å². The second-order valence-corrected chi connectivity index (χ2v) is 5.72. The molecule has 1 aromatic heterocycles. The first kappa shape index (κ1) is 14.7. The average Bonchev–Trinajstić information content (AvgIpc) is 2.93. The van der Waals surface area contributed by atoms with Crippen LogP contribution in [0.5, 0.6) is 0 Å². The molecule has 3 aromatic rings. The molecule has 0 aliphatic heterocycles. The van der Waals surface area contributed by atoms with Gasteiger partial charge in [-0.3, -0.25) is 4.79 Å². The minimum absolute atomic E-state index is 0.0460. The van der Waals surface area contributed by atoms with Gasteiger partial charge in [-0.05, 0) is 36.8 Å². The summed E-state index contributed by atoms with van der Waals surface area (Å²) in [7, 11) is 0. The molecular formula is C18H16ClNO2. The molecule has 2 aromatic carbocycles. The normalized spacial score (nSPS) is 12.3. The maximum absolute atomic E-state index is 12.1. The van der Waals surface area contributed by atoms with Crippen LogP contribution in [0.3, 0.4) is 0 Å². The van der Waals surface area contributed by atoms with Crippen molar-refractivity contribution in [1.82, 2.24) is 5.32 Å². The molecule has 112 valence electrons. The first-order valence-electron chi connectivity index (χ1n) is 7.14. The van der Waals surface area contributed by atoms with Gasteiger partial charge in [0.05, 0.1) is 12.5 Å². The number of hydrogen-bond donors (Lipinski definition) is 1. The predicted molar refractivity (Wildman–Crippen MR) is 87.9 cm³/mol. The third-order valence-electron chi connectivity index (χ3n) is 3.53. The smallest absolute Gasteiger partial charge is 0.224 e. The topological polar surface area (TPSA) is 42.2 Å². The Kier molecular flexibility index (Phi) is 4.16. The molecule has 3 rings (SSSR count). The Bertz CT molecular complexity index is 759. The van der Waals surface area contributed by atoms with Gasteiger partial charge in [-0.25, -0.2) is 0 Å². The number of halogens is 1. The molecule has 0 radical (unpaired) electrons. The average molecular weight is 314 g/mol. The summed E-state index contributed by atoms with van der Waals surface area (Å²) in [6, 6.07) is 16.9. The van der Waals surface area contributed by atoms with Gasteiger partial charge in [0, 0.05) is 10.4 Å². The summed E-state index contributed by atoms with van der Waals surface area (Å²) < 4.78 is 5.76. The molecule has 1 amide bonds. The van der Waals surface area contributed by atoms with Crippen LogP contribution in [0.15, 0.2) is 59.0 Å². The highest BCUT2D eigenvalue weighted by Crippen LogP contribution is 2.23. The third-order valence-corrected chi connectivity index (χ3v) is 3.78. The standard InChI is InChI=1S/C18H16ClNO2/c1-12(17-11-14-4-2-3-5-16(14)22-17)20-18(21)10-13-6-8-15(19)9-7-13/h2-9,11-12H,10H2,1H3,(H,20,21)/t12-/m1/s1. The van der Waals surface area contributed by atoms with Gasteiger partial charge in [-0.1, -0.05) is 41.9 Å². The van der Waals surface area contributed by atoms with Crippen molar-refractivity contribution in [2.24, 2.45) is 0 Å². The molecule has 1 heterocycles. The molecule has 22 heavy (non-hydrogen) atoms. The molecule has 0 aliphatic rings. The van der Waals surface area contributed by atoms with Gasteiger partial charge in [-0.15, -0.1) is 0 Å². The van der Waals surface area contributed by atoms with Crippen LogP contribution in [0.1, 0.15) is 24.3 Å². The number of amides is 1. The van der Waals surface area contributed by atoms with Gasteiger partial charge >= 0.3 is 0 Å². The van der Waals surface area contributed by atoms with E-state index in [4.69, 9.17) is 16.0 Å². The molecule has 0 fully saturated rings. The van der Waals surface area contributed by atoms with Gasteiger partial charge in [0.15, 0.2) is 0 Å². The lowest BCUT2D eigenvalue weighted by Gasteiger charge is -2.11. The number of hydrogen-bond acceptors (Lipinski definition) is 2. The molecule has 0 saturated heterocycles. The number of para-hydroxylation sites is 1. The fraction of sp³-hybridized carbons (Fsp3) is 0.167. The number of benzene rings is 2. The fourth-order valence-electron chi connectivity index (χ4n) is 2.37. The molecule has 4 heteroatoms. The van der Waals surface area contributed by atoms with E-state index in [0.717, 1.165) is 22.3 Å². The number of nitrogens with one attached hydrogen (secondary N) is 1. The lowest BCUT2D eigenvalue weighted by atomic mass is 10.1. The maximum Gasteiger partial charge on any atom is 0.224 e. The van der Waals surface area contributed by atoms with E-state index in [9.17, 15) is 4.79 Å². The van der Waals surface area contributed by atoms with Crippen molar-refractivity contribution in [2.45, 2.75) is 19.4 Å². The van der Waals surface area contributed by atoms with E-state index < -0.39 is 0 Å². The fourth-order valence-corrected chi connectivity index (χ4v) is 2.49. The zero-order valence-electron chi connectivity index (χ0n) is 12.2. The first-order valence-corrected chi connectivity index (χ1v) is 7.52. The zero-order chi connectivity index (χ0) is 15.5. The van der Waals surface area contributed by atoms with Crippen LogP contribution in [0, 0.1) is 0 Å². The Hall–Kier alpha value is -2.26. The van der Waals surface area contributed by atoms with E-state index in [-0.39, 0.29) is 11.9 Å². The van der Waals surface area contributed by atoms with Crippen molar-refractivity contribution in [3.8, 4) is 0 Å². The molecular weight excluding hydrogens is 298 g/mol. The molecule has 1 N–H and O–H groups in total. The van der Waals surface area contributed by atoms with Crippen molar-refractivity contribution in [2.75, 3.05) is 0 Å². The minimum Gasteiger partial charge on any atom is -0.459 e. The Balaban J connectivity index is 1.66. The van der Waals surface area contributed by atoms with Crippen LogP contribution >= 0.6 is 11.6 Å². The van der Waals surface area contributed by atoms with Gasteiger partial charge in [0.25, 0.3) is 0 Å². The van der Waals surface area contributed by atoms with Crippen LogP contribution in [0.2, 0.25) is 5.02 Å². The van der Waals surface area contributed by atoms with Crippen molar-refractivity contribution >= 4 is 28.5 Å². The highest BCUT2D eigenvalue weighted by Gasteiger charge is 2.14. The van der Waals surface area contributed by atoms with Crippen LogP contribution in [-0.4, -0.2) is 5.91 Å². The van der Waals surface area contributed by atoms with Crippen LogP contribution in [0.4, 0.5) is 0 Å². The lowest BCUT2D eigenvalue weighted by Crippen LogP contribution is -2.27. The Labute approximate surface area is 133 Å². The third kappa shape index (κ3) is 3.31. The molecule has 0 aliphatic carbocycles. The van der Waals surface area contributed by atoms with Gasteiger partial charge in [0.2, 0.25) is 5.91 Å². The number of furan rings is 1. The Morgan fingerprint density at radius 2 is 1.91 bits per heavy atom. The highest BCUT2D eigenvalue weighted by molar-refractivity contribution is 6.30. The molecule has 3 nitrogen and oxygen atoms in total. The van der Waals surface area contributed by atoms with Crippen molar-refractivity contribution < 1.29 is 9.21 Å². The molecule has 0 unspecified atom stereocenters. The number of fused-ring (bicyclic) bond motifs is 1. The largest absolute Gasteiger partial charge is 0.459 e. The summed E-state index contributed by atoms with van der Waals surface area (Å²) in [5.74, 6) is 0.709. The van der Waals surface area contributed by atoms with Crippen molar-refractivity contribution in [1.29, 1.82) is 0 Å². The SMILES string of the molecule is C[C@@H](NC(=O)Cc1ccc(Cl)cc1)c1cc2ccccc2o1. The Morgan fingerprint density at radius 1 is 1.18 bits per heavy atom. The van der Waals surface area contributed by atoms with E-state index in [1.165, 1.54) is 0 Å². The summed E-state index contributed by atoms with van der Waals surface area (Å²) in [5.41, 5.74) is 1.76. The van der Waals surface area contributed by atoms with Crippen LogP contribution in [0.25, 0.3) is 11.0 Å². The van der Waals surface area contributed by atoms with Gasteiger partial charge in [-0.2, -0.15) is 0 Å².